The summed E-state index contributed by atoms with van der Waals surface area (Å²) in [4.78, 5) is 7.71. The molecule has 0 bridgehead atoms. The molecule has 2 heterocycles. The summed E-state index contributed by atoms with van der Waals surface area (Å²) in [6, 6.07) is 16.8. The van der Waals surface area contributed by atoms with Crippen LogP contribution in [0.5, 0.6) is 0 Å². The molecule has 0 unspecified atom stereocenters. The van der Waals surface area contributed by atoms with E-state index in [-0.39, 0.29) is 0 Å². The van der Waals surface area contributed by atoms with Gasteiger partial charge >= 0.3 is 0 Å². The molecule has 93 valence electrons. The van der Waals surface area contributed by atoms with Gasteiger partial charge in [0.05, 0.1) is 17.1 Å². The van der Waals surface area contributed by atoms with E-state index in [2.05, 4.69) is 83.2 Å². The van der Waals surface area contributed by atoms with Gasteiger partial charge in [0, 0.05) is 24.1 Å². The number of anilines is 3. The van der Waals surface area contributed by atoms with Crippen LogP contribution in [-0.4, -0.2) is 12.0 Å². The number of hydrogen-bond donors (Lipinski definition) is 1. The van der Waals surface area contributed by atoms with E-state index in [1.165, 1.54) is 22.4 Å². The first kappa shape index (κ1) is 10.5. The normalized spacial score (nSPS) is 14.2. The number of nitrogens with zero attached hydrogens (tertiary/aromatic N) is 2. The highest BCUT2D eigenvalue weighted by atomic mass is 15.4. The lowest BCUT2D eigenvalue weighted by molar-refractivity contribution is 1.08. The summed E-state index contributed by atoms with van der Waals surface area (Å²) < 4.78 is 0. The molecule has 1 aliphatic rings. The summed E-state index contributed by atoms with van der Waals surface area (Å²) >= 11 is 0. The maximum absolute atomic E-state index is 3.33. The van der Waals surface area contributed by atoms with Crippen molar-refractivity contribution in [3.8, 4) is 0 Å². The topological polar surface area (TPSA) is 22.3 Å². The molecule has 1 radical (unpaired) electrons. The van der Waals surface area contributed by atoms with Gasteiger partial charge in [0.15, 0.2) is 0 Å². The van der Waals surface area contributed by atoms with Gasteiger partial charge in [-0.05, 0) is 18.2 Å². The number of H-pyrrole nitrogens is 1. The molecular formula is C16H14N3. The Morgan fingerprint density at radius 1 is 0.842 bits per heavy atom. The molecule has 1 aromatic heterocycles. The number of aromatic amines is 1. The van der Waals surface area contributed by atoms with Gasteiger partial charge in [-0.2, -0.15) is 0 Å². The number of para-hydroxylation sites is 3. The van der Waals surface area contributed by atoms with Crippen LogP contribution in [0.4, 0.5) is 17.1 Å². The largest absolute Gasteiger partial charge is 0.359 e. The van der Waals surface area contributed by atoms with Gasteiger partial charge in [-0.25, -0.2) is 0 Å². The predicted molar refractivity (Wildman–Crippen MR) is 79.6 cm³/mol. The van der Waals surface area contributed by atoms with E-state index in [1.54, 1.807) is 0 Å². The van der Waals surface area contributed by atoms with E-state index >= 15 is 0 Å². The maximum atomic E-state index is 3.33. The first-order valence-electron chi connectivity index (χ1n) is 6.37. The summed E-state index contributed by atoms with van der Waals surface area (Å²) in [5.41, 5.74) is 4.80. The van der Waals surface area contributed by atoms with Gasteiger partial charge in [0.2, 0.25) is 0 Å². The molecule has 19 heavy (non-hydrogen) atoms. The monoisotopic (exact) mass is 248 g/mol. The van der Waals surface area contributed by atoms with Crippen molar-refractivity contribution >= 4 is 28.0 Å². The molecule has 3 nitrogen and oxygen atoms in total. The zero-order valence-corrected chi connectivity index (χ0v) is 10.7. The Labute approximate surface area is 112 Å². The zero-order valence-electron chi connectivity index (χ0n) is 10.7. The van der Waals surface area contributed by atoms with Crippen LogP contribution in [-0.2, 0) is 0 Å². The van der Waals surface area contributed by atoms with Crippen molar-refractivity contribution < 1.29 is 0 Å². The maximum Gasteiger partial charge on any atom is 0.146 e. The average Bonchev–Trinajstić information content (AvgIpc) is 3.01. The molecular weight excluding hydrogens is 234 g/mol. The third-order valence-electron chi connectivity index (χ3n) is 3.64. The number of aromatic nitrogens is 1. The number of hydrogen-bond acceptors (Lipinski definition) is 2. The summed E-state index contributed by atoms with van der Waals surface area (Å²) in [6.45, 7) is 2.13. The van der Waals surface area contributed by atoms with Crippen LogP contribution in [0.25, 0.3) is 10.9 Å². The van der Waals surface area contributed by atoms with Gasteiger partial charge in [-0.15, -0.1) is 0 Å². The molecule has 0 amide bonds. The van der Waals surface area contributed by atoms with E-state index < -0.39 is 0 Å². The fourth-order valence-corrected chi connectivity index (χ4v) is 2.71. The van der Waals surface area contributed by atoms with E-state index in [4.69, 9.17) is 0 Å². The third-order valence-corrected chi connectivity index (χ3v) is 3.64. The van der Waals surface area contributed by atoms with Crippen LogP contribution in [0.1, 0.15) is 0 Å². The SMILES string of the molecule is CN1[CH]N(c2c[nH]c3ccccc23)c2ccccc21. The highest BCUT2D eigenvalue weighted by Gasteiger charge is 2.26. The van der Waals surface area contributed by atoms with Gasteiger partial charge in [0.25, 0.3) is 0 Å². The number of rotatable bonds is 1. The molecule has 1 aliphatic heterocycles. The number of fused-ring (bicyclic) bond motifs is 2. The molecule has 0 saturated heterocycles. The average molecular weight is 248 g/mol. The summed E-state index contributed by atoms with van der Waals surface area (Å²) in [5.74, 6) is 0. The van der Waals surface area contributed by atoms with Crippen LogP contribution in [0.15, 0.2) is 54.7 Å². The molecule has 0 atom stereocenters. The lowest BCUT2D eigenvalue weighted by Gasteiger charge is -2.17. The second kappa shape index (κ2) is 3.79. The molecule has 4 rings (SSSR count). The van der Waals surface area contributed by atoms with Crippen LogP contribution in [0.3, 0.4) is 0 Å². The Balaban J connectivity index is 1.90. The fourth-order valence-electron chi connectivity index (χ4n) is 2.71. The van der Waals surface area contributed by atoms with Crippen LogP contribution in [0.2, 0.25) is 0 Å². The minimum absolute atomic E-state index is 1.16. The molecule has 3 aromatic rings. The highest BCUT2D eigenvalue weighted by Crippen LogP contribution is 2.43. The smallest absolute Gasteiger partial charge is 0.146 e. The molecule has 1 N–H and O–H groups in total. The molecule has 0 spiro atoms. The first-order chi connectivity index (χ1) is 9.34. The number of benzene rings is 2. The minimum atomic E-state index is 1.16. The zero-order chi connectivity index (χ0) is 12.8. The van der Waals surface area contributed by atoms with E-state index in [0.717, 1.165) is 5.52 Å². The molecule has 3 heteroatoms. The van der Waals surface area contributed by atoms with E-state index in [1.807, 2.05) is 0 Å². The van der Waals surface area contributed by atoms with Crippen molar-refractivity contribution in [3.63, 3.8) is 0 Å². The van der Waals surface area contributed by atoms with Crippen molar-refractivity contribution in [3.05, 3.63) is 61.4 Å². The van der Waals surface area contributed by atoms with Gasteiger partial charge in [0.1, 0.15) is 6.67 Å². The van der Waals surface area contributed by atoms with Gasteiger partial charge in [-0.1, -0.05) is 30.3 Å². The van der Waals surface area contributed by atoms with Crippen LogP contribution < -0.4 is 9.80 Å². The second-order valence-electron chi connectivity index (χ2n) is 4.80. The molecule has 0 aliphatic carbocycles. The van der Waals surface area contributed by atoms with Crippen molar-refractivity contribution in [2.75, 3.05) is 16.8 Å². The number of nitrogens with one attached hydrogen (secondary N) is 1. The lowest BCUT2D eigenvalue weighted by atomic mass is 10.2. The lowest BCUT2D eigenvalue weighted by Crippen LogP contribution is -2.17. The Hall–Kier alpha value is -2.42. The first-order valence-corrected chi connectivity index (χ1v) is 6.37. The summed E-state index contributed by atoms with van der Waals surface area (Å²) in [7, 11) is 2.08. The Morgan fingerprint density at radius 3 is 2.47 bits per heavy atom. The Bertz CT molecular complexity index is 744. The quantitative estimate of drug-likeness (QED) is 0.706. The van der Waals surface area contributed by atoms with Crippen molar-refractivity contribution in [1.29, 1.82) is 0 Å². The third kappa shape index (κ3) is 1.45. The Kier molecular flexibility index (Phi) is 2.09. The standard InChI is InChI=1S/C16H14N3/c1-18-11-19(15-9-5-4-8-14(15)18)16-10-17-13-7-3-2-6-12(13)16/h2-11,17H,1H3. The predicted octanol–water partition coefficient (Wildman–Crippen LogP) is 3.88. The fraction of sp³-hybridized carbons (Fsp3) is 0.0625. The van der Waals surface area contributed by atoms with Crippen molar-refractivity contribution in [1.82, 2.24) is 4.98 Å². The van der Waals surface area contributed by atoms with Gasteiger partial charge < -0.3 is 14.8 Å². The van der Waals surface area contributed by atoms with Crippen molar-refractivity contribution in [2.45, 2.75) is 0 Å². The summed E-state index contributed by atoms with van der Waals surface area (Å²) in [5, 5.41) is 1.24. The van der Waals surface area contributed by atoms with Crippen LogP contribution >= 0.6 is 0 Å². The second-order valence-corrected chi connectivity index (χ2v) is 4.80. The summed E-state index contributed by atoms with van der Waals surface area (Å²) in [6.07, 6.45) is 2.07. The molecule has 2 aromatic carbocycles. The van der Waals surface area contributed by atoms with Crippen LogP contribution in [0, 0.1) is 6.67 Å². The highest BCUT2D eigenvalue weighted by molar-refractivity contribution is 5.98. The molecule has 0 saturated carbocycles. The Morgan fingerprint density at radius 2 is 1.58 bits per heavy atom. The van der Waals surface area contributed by atoms with E-state index in [9.17, 15) is 0 Å². The van der Waals surface area contributed by atoms with E-state index in [0.29, 0.717) is 0 Å². The van der Waals surface area contributed by atoms with Crippen molar-refractivity contribution in [2.24, 2.45) is 0 Å². The molecule has 0 fully saturated rings. The minimum Gasteiger partial charge on any atom is -0.359 e. The van der Waals surface area contributed by atoms with Gasteiger partial charge in [-0.3, -0.25) is 0 Å².